The minimum absolute atomic E-state index is 0.154. The maximum atomic E-state index is 10.5. The van der Waals surface area contributed by atoms with E-state index in [1.807, 2.05) is 20.8 Å². The van der Waals surface area contributed by atoms with Crippen molar-refractivity contribution in [1.29, 1.82) is 0 Å². The number of unbranched alkanes of at least 4 members (excludes halogenated alkanes) is 2. The minimum atomic E-state index is -0.494. The van der Waals surface area contributed by atoms with Crippen LogP contribution in [0.2, 0.25) is 0 Å². The third-order valence-electron chi connectivity index (χ3n) is 2.53. The van der Waals surface area contributed by atoms with Crippen LogP contribution < -0.4 is 5.32 Å². The van der Waals surface area contributed by atoms with Gasteiger partial charge in [0.1, 0.15) is 5.54 Å². The van der Waals surface area contributed by atoms with Crippen molar-refractivity contribution in [3.8, 4) is 0 Å². The quantitative estimate of drug-likeness (QED) is 0.490. The molecule has 0 fully saturated rings. The van der Waals surface area contributed by atoms with Crippen LogP contribution >= 0.6 is 0 Å². The first-order valence-corrected chi connectivity index (χ1v) is 5.12. The van der Waals surface area contributed by atoms with Crippen molar-refractivity contribution in [1.82, 2.24) is 5.32 Å². The van der Waals surface area contributed by atoms with Gasteiger partial charge in [-0.1, -0.05) is 24.9 Å². The lowest BCUT2D eigenvalue weighted by Gasteiger charge is -2.25. The van der Waals surface area contributed by atoms with Crippen molar-refractivity contribution in [3.05, 3.63) is 4.91 Å². The second kappa shape index (κ2) is 6.08. The van der Waals surface area contributed by atoms with Gasteiger partial charge in [0.25, 0.3) is 0 Å². The molecular weight excluding hydrogens is 164 g/mol. The molecule has 0 bridgehead atoms. The Morgan fingerprint density at radius 3 is 2.46 bits per heavy atom. The van der Waals surface area contributed by atoms with Crippen LogP contribution in [0.25, 0.3) is 0 Å². The Morgan fingerprint density at radius 2 is 2.00 bits per heavy atom. The summed E-state index contributed by atoms with van der Waals surface area (Å²) in [6.45, 7) is 8.89. The van der Waals surface area contributed by atoms with Crippen LogP contribution in [0.3, 0.4) is 0 Å². The molecule has 3 nitrogen and oxygen atoms in total. The van der Waals surface area contributed by atoms with Crippen molar-refractivity contribution in [2.24, 2.45) is 5.18 Å². The van der Waals surface area contributed by atoms with Crippen LogP contribution in [-0.2, 0) is 0 Å². The average Bonchev–Trinajstić information content (AvgIpc) is 2.12. The summed E-state index contributed by atoms with van der Waals surface area (Å²) in [4.78, 5) is 10.5. The average molecular weight is 186 g/mol. The van der Waals surface area contributed by atoms with Crippen molar-refractivity contribution >= 4 is 0 Å². The molecular formula is C10H22N2O. The smallest absolute Gasteiger partial charge is 0.112 e. The Hall–Kier alpha value is -0.440. The summed E-state index contributed by atoms with van der Waals surface area (Å²) in [5.74, 6) is 0. The number of rotatable bonds is 7. The van der Waals surface area contributed by atoms with E-state index in [0.29, 0.717) is 0 Å². The molecule has 0 rings (SSSR count). The Bertz CT molecular complexity index is 146. The topological polar surface area (TPSA) is 41.5 Å². The van der Waals surface area contributed by atoms with Crippen molar-refractivity contribution in [3.63, 3.8) is 0 Å². The lowest BCUT2D eigenvalue weighted by Crippen LogP contribution is -2.43. The number of nitrogens with one attached hydrogen (secondary N) is 1. The zero-order valence-electron chi connectivity index (χ0n) is 9.26. The first-order chi connectivity index (χ1) is 6.04. The third kappa shape index (κ3) is 4.98. The molecule has 0 aromatic heterocycles. The molecule has 1 atom stereocenters. The molecule has 0 aromatic rings. The van der Waals surface area contributed by atoms with Gasteiger partial charge in [-0.05, 0) is 33.7 Å². The van der Waals surface area contributed by atoms with Gasteiger partial charge < -0.3 is 5.32 Å². The second-order valence-corrected chi connectivity index (χ2v) is 4.13. The number of hydrogen-bond acceptors (Lipinski definition) is 3. The van der Waals surface area contributed by atoms with Crippen LogP contribution in [0.4, 0.5) is 0 Å². The number of nitrogens with zero attached hydrogens (tertiary/aromatic N) is 1. The highest BCUT2D eigenvalue weighted by Gasteiger charge is 2.25. The molecule has 0 spiro atoms. The molecule has 13 heavy (non-hydrogen) atoms. The van der Waals surface area contributed by atoms with Crippen LogP contribution in [0.15, 0.2) is 5.18 Å². The highest BCUT2D eigenvalue weighted by Crippen LogP contribution is 2.13. The Kier molecular flexibility index (Phi) is 5.88. The van der Waals surface area contributed by atoms with Gasteiger partial charge in [0, 0.05) is 6.04 Å². The van der Waals surface area contributed by atoms with Gasteiger partial charge in [-0.15, -0.1) is 0 Å². The molecule has 0 heterocycles. The standard InChI is InChI=1S/C10H22N2O/c1-5-6-7-8-11-9(2)10(3,4)12-13/h9,11H,5-8H2,1-4H3. The van der Waals surface area contributed by atoms with Crippen molar-refractivity contribution in [2.45, 2.75) is 58.5 Å². The molecule has 0 aromatic carbocycles. The lowest BCUT2D eigenvalue weighted by molar-refractivity contribution is 0.361. The van der Waals surface area contributed by atoms with Gasteiger partial charge in [0.2, 0.25) is 0 Å². The molecule has 0 radical (unpaired) electrons. The Morgan fingerprint density at radius 1 is 1.38 bits per heavy atom. The maximum Gasteiger partial charge on any atom is 0.112 e. The molecule has 0 amide bonds. The van der Waals surface area contributed by atoms with E-state index in [0.717, 1.165) is 6.54 Å². The maximum absolute atomic E-state index is 10.5. The van der Waals surface area contributed by atoms with Gasteiger partial charge >= 0.3 is 0 Å². The first kappa shape index (κ1) is 12.6. The molecule has 3 heteroatoms. The van der Waals surface area contributed by atoms with E-state index in [-0.39, 0.29) is 6.04 Å². The fourth-order valence-electron chi connectivity index (χ4n) is 1.02. The molecule has 78 valence electrons. The van der Waals surface area contributed by atoms with E-state index < -0.39 is 5.54 Å². The summed E-state index contributed by atoms with van der Waals surface area (Å²) in [5, 5.41) is 6.42. The van der Waals surface area contributed by atoms with Crippen LogP contribution in [0.5, 0.6) is 0 Å². The fraction of sp³-hybridized carbons (Fsp3) is 1.00. The van der Waals surface area contributed by atoms with Gasteiger partial charge in [-0.2, -0.15) is 4.91 Å². The van der Waals surface area contributed by atoms with Crippen molar-refractivity contribution < 1.29 is 0 Å². The third-order valence-corrected chi connectivity index (χ3v) is 2.53. The second-order valence-electron chi connectivity index (χ2n) is 4.13. The molecule has 0 saturated heterocycles. The lowest BCUT2D eigenvalue weighted by atomic mass is 9.97. The predicted molar refractivity (Wildman–Crippen MR) is 56.9 cm³/mol. The van der Waals surface area contributed by atoms with E-state index in [9.17, 15) is 4.91 Å². The minimum Gasteiger partial charge on any atom is -0.312 e. The van der Waals surface area contributed by atoms with Gasteiger partial charge in [-0.25, -0.2) is 0 Å². The van der Waals surface area contributed by atoms with Gasteiger partial charge in [0.15, 0.2) is 0 Å². The van der Waals surface area contributed by atoms with E-state index >= 15 is 0 Å². The molecule has 0 aliphatic heterocycles. The fourth-order valence-corrected chi connectivity index (χ4v) is 1.02. The summed E-state index contributed by atoms with van der Waals surface area (Å²) < 4.78 is 0. The molecule has 1 N–H and O–H groups in total. The molecule has 0 aliphatic rings. The zero-order chi connectivity index (χ0) is 10.3. The first-order valence-electron chi connectivity index (χ1n) is 5.12. The number of nitroso groups, excluding NO2 is 1. The van der Waals surface area contributed by atoms with Crippen LogP contribution in [0.1, 0.15) is 47.0 Å². The van der Waals surface area contributed by atoms with E-state index in [4.69, 9.17) is 0 Å². The summed E-state index contributed by atoms with van der Waals surface area (Å²) >= 11 is 0. The zero-order valence-corrected chi connectivity index (χ0v) is 9.26. The molecule has 0 aliphatic carbocycles. The summed E-state index contributed by atoms with van der Waals surface area (Å²) in [6, 6.07) is 0.154. The normalized spacial score (nSPS) is 14.2. The highest BCUT2D eigenvalue weighted by molar-refractivity contribution is 4.87. The summed E-state index contributed by atoms with van der Waals surface area (Å²) in [7, 11) is 0. The summed E-state index contributed by atoms with van der Waals surface area (Å²) in [5.41, 5.74) is -0.494. The summed E-state index contributed by atoms with van der Waals surface area (Å²) in [6.07, 6.45) is 3.65. The van der Waals surface area contributed by atoms with E-state index in [2.05, 4.69) is 17.4 Å². The monoisotopic (exact) mass is 186 g/mol. The Balaban J connectivity index is 3.61. The van der Waals surface area contributed by atoms with Gasteiger partial charge in [0.05, 0.1) is 0 Å². The van der Waals surface area contributed by atoms with E-state index in [1.54, 1.807) is 0 Å². The largest absolute Gasteiger partial charge is 0.312 e. The highest BCUT2D eigenvalue weighted by atomic mass is 16.3. The SMILES string of the molecule is CCCCCNC(C)C(C)(C)N=O. The molecule has 1 unspecified atom stereocenters. The van der Waals surface area contributed by atoms with Crippen LogP contribution in [0, 0.1) is 4.91 Å². The predicted octanol–water partition coefficient (Wildman–Crippen LogP) is 2.70. The number of hydrogen-bond donors (Lipinski definition) is 1. The van der Waals surface area contributed by atoms with Gasteiger partial charge in [-0.3, -0.25) is 0 Å². The Labute approximate surface area is 81.3 Å². The molecule has 0 saturated carbocycles. The van der Waals surface area contributed by atoms with Crippen LogP contribution in [-0.4, -0.2) is 18.1 Å². The van der Waals surface area contributed by atoms with Crippen molar-refractivity contribution in [2.75, 3.05) is 6.54 Å². The van der Waals surface area contributed by atoms with E-state index in [1.165, 1.54) is 19.3 Å².